The van der Waals surface area contributed by atoms with Gasteiger partial charge >= 0.3 is 0 Å². The van der Waals surface area contributed by atoms with Gasteiger partial charge in [0, 0.05) is 42.5 Å². The highest BCUT2D eigenvalue weighted by molar-refractivity contribution is 7.11. The summed E-state index contributed by atoms with van der Waals surface area (Å²) in [5.74, 6) is 1.25. The zero-order chi connectivity index (χ0) is 15.4. The van der Waals surface area contributed by atoms with Gasteiger partial charge in [0.25, 0.3) is 0 Å². The van der Waals surface area contributed by atoms with Crippen LogP contribution in [0.5, 0.6) is 0 Å². The van der Waals surface area contributed by atoms with Crippen molar-refractivity contribution in [2.75, 3.05) is 26.2 Å². The Bertz CT molecular complexity index is 536. The molecule has 0 aromatic carbocycles. The number of aryl methyl sites for hydroxylation is 1. The average molecular weight is 321 g/mol. The summed E-state index contributed by atoms with van der Waals surface area (Å²) in [6.07, 6.45) is 1.13. The molecule has 3 heterocycles. The van der Waals surface area contributed by atoms with Gasteiger partial charge in [-0.25, -0.2) is 0 Å². The molecule has 0 bridgehead atoms. The topological polar surface area (TPSA) is 71.4 Å². The SMILES string of the molecule is CCc1ccc(CN2CCN(Cc3noc(CN)n3)CC2)s1. The number of rotatable bonds is 6. The van der Waals surface area contributed by atoms with E-state index in [4.69, 9.17) is 10.3 Å². The van der Waals surface area contributed by atoms with Gasteiger partial charge in [-0.1, -0.05) is 12.1 Å². The van der Waals surface area contributed by atoms with Crippen molar-refractivity contribution in [1.29, 1.82) is 0 Å². The van der Waals surface area contributed by atoms with Gasteiger partial charge in [-0.05, 0) is 18.6 Å². The lowest BCUT2D eigenvalue weighted by Crippen LogP contribution is -2.45. The predicted molar refractivity (Wildman–Crippen MR) is 86.4 cm³/mol. The van der Waals surface area contributed by atoms with E-state index < -0.39 is 0 Å². The molecule has 2 aromatic rings. The molecule has 7 heteroatoms. The molecule has 1 fully saturated rings. The molecule has 3 rings (SSSR count). The van der Waals surface area contributed by atoms with Crippen LogP contribution in [0.1, 0.15) is 28.4 Å². The molecular formula is C15H23N5OS. The first-order valence-corrected chi connectivity index (χ1v) is 8.62. The monoisotopic (exact) mass is 321 g/mol. The summed E-state index contributed by atoms with van der Waals surface area (Å²) in [5, 5.41) is 3.96. The molecule has 0 saturated carbocycles. The number of piperazine rings is 1. The first-order valence-electron chi connectivity index (χ1n) is 7.80. The van der Waals surface area contributed by atoms with Gasteiger partial charge in [0.15, 0.2) is 5.82 Å². The highest BCUT2D eigenvalue weighted by Gasteiger charge is 2.19. The van der Waals surface area contributed by atoms with Gasteiger partial charge < -0.3 is 10.3 Å². The van der Waals surface area contributed by atoms with Crippen molar-refractivity contribution in [3.8, 4) is 0 Å². The molecule has 2 N–H and O–H groups in total. The zero-order valence-electron chi connectivity index (χ0n) is 13.0. The molecule has 1 aliphatic rings. The summed E-state index contributed by atoms with van der Waals surface area (Å²) in [7, 11) is 0. The average Bonchev–Trinajstić information content (AvgIpc) is 3.18. The molecule has 0 atom stereocenters. The molecule has 120 valence electrons. The van der Waals surface area contributed by atoms with E-state index in [1.165, 1.54) is 9.75 Å². The Morgan fingerprint density at radius 3 is 2.41 bits per heavy atom. The van der Waals surface area contributed by atoms with E-state index in [0.29, 0.717) is 12.4 Å². The van der Waals surface area contributed by atoms with Crippen LogP contribution in [0, 0.1) is 0 Å². The first kappa shape index (κ1) is 15.6. The molecule has 0 spiro atoms. The largest absolute Gasteiger partial charge is 0.338 e. The molecule has 0 unspecified atom stereocenters. The number of aromatic nitrogens is 2. The second-order valence-corrected chi connectivity index (χ2v) is 6.84. The minimum Gasteiger partial charge on any atom is -0.338 e. The third-order valence-corrected chi connectivity index (χ3v) is 5.17. The van der Waals surface area contributed by atoms with Gasteiger partial charge in [0.1, 0.15) is 0 Å². The van der Waals surface area contributed by atoms with Crippen LogP contribution in [-0.4, -0.2) is 46.1 Å². The minimum atomic E-state index is 0.307. The van der Waals surface area contributed by atoms with E-state index in [1.807, 2.05) is 11.3 Å². The van der Waals surface area contributed by atoms with Crippen molar-refractivity contribution in [2.24, 2.45) is 5.73 Å². The van der Waals surface area contributed by atoms with Gasteiger partial charge in [-0.2, -0.15) is 4.98 Å². The lowest BCUT2D eigenvalue weighted by molar-refractivity contribution is 0.120. The minimum absolute atomic E-state index is 0.307. The van der Waals surface area contributed by atoms with E-state index in [9.17, 15) is 0 Å². The molecule has 0 aliphatic carbocycles. The normalized spacial score (nSPS) is 17.2. The van der Waals surface area contributed by atoms with Crippen LogP contribution in [0.2, 0.25) is 0 Å². The number of nitrogens with two attached hydrogens (primary N) is 1. The zero-order valence-corrected chi connectivity index (χ0v) is 13.8. The number of hydrogen-bond donors (Lipinski definition) is 1. The Kier molecular flexibility index (Phi) is 5.20. The predicted octanol–water partition coefficient (Wildman–Crippen LogP) is 1.47. The van der Waals surface area contributed by atoms with Crippen molar-refractivity contribution in [3.05, 3.63) is 33.6 Å². The maximum Gasteiger partial charge on any atom is 0.240 e. The second-order valence-electron chi connectivity index (χ2n) is 5.58. The molecular weight excluding hydrogens is 298 g/mol. The summed E-state index contributed by atoms with van der Waals surface area (Å²) >= 11 is 1.94. The fourth-order valence-electron chi connectivity index (χ4n) is 2.66. The smallest absolute Gasteiger partial charge is 0.240 e. The van der Waals surface area contributed by atoms with Gasteiger partial charge in [0.2, 0.25) is 5.89 Å². The molecule has 0 radical (unpaired) electrons. The highest BCUT2D eigenvalue weighted by Crippen LogP contribution is 2.19. The van der Waals surface area contributed by atoms with E-state index in [2.05, 4.69) is 39.0 Å². The third kappa shape index (κ3) is 3.92. The summed E-state index contributed by atoms with van der Waals surface area (Å²) < 4.78 is 5.05. The second kappa shape index (κ2) is 7.32. The van der Waals surface area contributed by atoms with Crippen molar-refractivity contribution in [1.82, 2.24) is 19.9 Å². The van der Waals surface area contributed by atoms with Crippen LogP contribution < -0.4 is 5.73 Å². The fourth-order valence-corrected chi connectivity index (χ4v) is 3.66. The van der Waals surface area contributed by atoms with Crippen LogP contribution >= 0.6 is 11.3 Å². The van der Waals surface area contributed by atoms with Crippen molar-refractivity contribution in [2.45, 2.75) is 33.0 Å². The first-order chi connectivity index (χ1) is 10.8. The molecule has 6 nitrogen and oxygen atoms in total. The lowest BCUT2D eigenvalue weighted by Gasteiger charge is -2.33. The fraction of sp³-hybridized carbons (Fsp3) is 0.600. The molecule has 2 aromatic heterocycles. The Morgan fingerprint density at radius 2 is 1.82 bits per heavy atom. The van der Waals surface area contributed by atoms with E-state index >= 15 is 0 Å². The van der Waals surface area contributed by atoms with Crippen molar-refractivity contribution < 1.29 is 4.52 Å². The van der Waals surface area contributed by atoms with Gasteiger partial charge in [-0.15, -0.1) is 11.3 Å². The van der Waals surface area contributed by atoms with Crippen LogP contribution in [-0.2, 0) is 26.1 Å². The number of hydrogen-bond acceptors (Lipinski definition) is 7. The summed E-state index contributed by atoms with van der Waals surface area (Å²) in [6, 6.07) is 4.52. The molecule has 0 amide bonds. The Labute approximate surface area is 134 Å². The van der Waals surface area contributed by atoms with Crippen LogP contribution in [0.25, 0.3) is 0 Å². The van der Waals surface area contributed by atoms with E-state index in [0.717, 1.165) is 51.5 Å². The molecule has 1 aliphatic heterocycles. The lowest BCUT2D eigenvalue weighted by atomic mass is 10.3. The highest BCUT2D eigenvalue weighted by atomic mass is 32.1. The maximum atomic E-state index is 5.48. The van der Waals surface area contributed by atoms with Crippen LogP contribution in [0.4, 0.5) is 0 Å². The van der Waals surface area contributed by atoms with Gasteiger partial charge in [-0.3, -0.25) is 9.80 Å². The Hall–Kier alpha value is -1.28. The quantitative estimate of drug-likeness (QED) is 0.869. The molecule has 1 saturated heterocycles. The van der Waals surface area contributed by atoms with E-state index in [1.54, 1.807) is 0 Å². The standard InChI is InChI=1S/C15H23N5OS/c1-2-12-3-4-13(22-12)10-19-5-7-20(8-6-19)11-14-17-15(9-16)21-18-14/h3-4H,2,5-11,16H2,1H3. The maximum absolute atomic E-state index is 5.48. The number of nitrogens with zero attached hydrogens (tertiary/aromatic N) is 4. The van der Waals surface area contributed by atoms with Crippen LogP contribution in [0.15, 0.2) is 16.7 Å². The van der Waals surface area contributed by atoms with Crippen molar-refractivity contribution in [3.63, 3.8) is 0 Å². The van der Waals surface area contributed by atoms with Crippen LogP contribution in [0.3, 0.4) is 0 Å². The van der Waals surface area contributed by atoms with Crippen molar-refractivity contribution >= 4 is 11.3 Å². The van der Waals surface area contributed by atoms with E-state index in [-0.39, 0.29) is 0 Å². The Balaban J connectivity index is 1.45. The summed E-state index contributed by atoms with van der Waals surface area (Å²) in [4.78, 5) is 12.1. The molecule has 22 heavy (non-hydrogen) atoms. The van der Waals surface area contributed by atoms with Gasteiger partial charge in [0.05, 0.1) is 13.1 Å². The third-order valence-electron chi connectivity index (χ3n) is 3.96. The summed E-state index contributed by atoms with van der Waals surface area (Å²) in [5.41, 5.74) is 5.48. The summed E-state index contributed by atoms with van der Waals surface area (Å²) in [6.45, 7) is 8.58. The number of thiophene rings is 1. The Morgan fingerprint density at radius 1 is 1.14 bits per heavy atom.